The van der Waals surface area contributed by atoms with Crippen molar-refractivity contribution in [3.63, 3.8) is 0 Å². The molecular formula is C16H23FN2O2. The molecule has 0 fully saturated rings. The fourth-order valence-electron chi connectivity index (χ4n) is 2.43. The van der Waals surface area contributed by atoms with Gasteiger partial charge in [-0.1, -0.05) is 0 Å². The highest BCUT2D eigenvalue weighted by Crippen LogP contribution is 2.28. The first kappa shape index (κ1) is 15.9. The van der Waals surface area contributed by atoms with Crippen molar-refractivity contribution in [2.75, 3.05) is 18.0 Å². The number of rotatable bonds is 4. The van der Waals surface area contributed by atoms with Crippen molar-refractivity contribution in [1.82, 2.24) is 5.32 Å². The molecule has 0 saturated heterocycles. The molecular weight excluding hydrogens is 271 g/mol. The van der Waals surface area contributed by atoms with Crippen molar-refractivity contribution in [3.05, 3.63) is 29.6 Å². The number of aliphatic hydroxyl groups is 1. The molecule has 4 nitrogen and oxygen atoms in total. The lowest BCUT2D eigenvalue weighted by molar-refractivity contribution is -0.119. The largest absolute Gasteiger partial charge is 0.390 e. The number of hydrogen-bond donors (Lipinski definition) is 2. The molecule has 1 unspecified atom stereocenters. The van der Waals surface area contributed by atoms with Crippen LogP contribution < -0.4 is 10.2 Å². The van der Waals surface area contributed by atoms with Gasteiger partial charge >= 0.3 is 0 Å². The van der Waals surface area contributed by atoms with Gasteiger partial charge in [0, 0.05) is 24.2 Å². The average molecular weight is 294 g/mol. The Bertz CT molecular complexity index is 525. The number of halogens is 1. The molecule has 1 atom stereocenters. The van der Waals surface area contributed by atoms with Crippen molar-refractivity contribution >= 4 is 11.6 Å². The first-order valence-corrected chi connectivity index (χ1v) is 7.28. The predicted molar refractivity (Wildman–Crippen MR) is 80.8 cm³/mol. The molecule has 1 aromatic rings. The van der Waals surface area contributed by atoms with Gasteiger partial charge < -0.3 is 15.3 Å². The predicted octanol–water partition coefficient (Wildman–Crippen LogP) is 1.85. The number of aryl methyl sites for hydroxylation is 1. The van der Waals surface area contributed by atoms with Gasteiger partial charge in [-0.15, -0.1) is 0 Å². The topological polar surface area (TPSA) is 52.6 Å². The summed E-state index contributed by atoms with van der Waals surface area (Å²) in [6, 6.07) is 4.43. The number of nitrogens with one attached hydrogen (secondary N) is 1. The molecule has 0 aliphatic carbocycles. The molecule has 1 aliphatic rings. The van der Waals surface area contributed by atoms with Gasteiger partial charge in [-0.25, -0.2) is 4.39 Å². The third-order valence-electron chi connectivity index (χ3n) is 3.50. The summed E-state index contributed by atoms with van der Waals surface area (Å²) in [7, 11) is 0. The van der Waals surface area contributed by atoms with Crippen molar-refractivity contribution in [2.45, 2.75) is 45.3 Å². The summed E-state index contributed by atoms with van der Waals surface area (Å²) in [6.45, 7) is 6.68. The zero-order valence-electron chi connectivity index (χ0n) is 12.8. The molecule has 116 valence electrons. The summed E-state index contributed by atoms with van der Waals surface area (Å²) in [5.41, 5.74) is 1.45. The van der Waals surface area contributed by atoms with E-state index in [4.69, 9.17) is 0 Å². The fourth-order valence-corrected chi connectivity index (χ4v) is 2.43. The van der Waals surface area contributed by atoms with Crippen LogP contribution in [-0.4, -0.2) is 35.7 Å². The summed E-state index contributed by atoms with van der Waals surface area (Å²) in [4.78, 5) is 13.6. The van der Waals surface area contributed by atoms with Crippen LogP contribution >= 0.6 is 0 Å². The van der Waals surface area contributed by atoms with E-state index >= 15 is 0 Å². The van der Waals surface area contributed by atoms with Gasteiger partial charge in [0.1, 0.15) is 5.82 Å². The Balaban J connectivity index is 2.07. The van der Waals surface area contributed by atoms with E-state index in [2.05, 4.69) is 5.32 Å². The number of hydrogen-bond acceptors (Lipinski definition) is 3. The Labute approximate surface area is 125 Å². The summed E-state index contributed by atoms with van der Waals surface area (Å²) in [5, 5.41) is 13.3. The Morgan fingerprint density at radius 2 is 2.10 bits per heavy atom. The number of nitrogens with zero attached hydrogens (tertiary/aromatic N) is 1. The van der Waals surface area contributed by atoms with Crippen LogP contribution in [0.3, 0.4) is 0 Å². The highest BCUT2D eigenvalue weighted by atomic mass is 19.1. The first-order valence-electron chi connectivity index (χ1n) is 7.28. The van der Waals surface area contributed by atoms with Crippen LogP contribution in [0.1, 0.15) is 32.8 Å². The van der Waals surface area contributed by atoms with Crippen molar-refractivity contribution in [2.24, 2.45) is 0 Å². The Morgan fingerprint density at radius 3 is 2.76 bits per heavy atom. The summed E-state index contributed by atoms with van der Waals surface area (Å²) in [5.74, 6) is -0.318. The van der Waals surface area contributed by atoms with Crippen LogP contribution in [0.4, 0.5) is 10.1 Å². The minimum atomic E-state index is -0.663. The zero-order chi connectivity index (χ0) is 15.6. The van der Waals surface area contributed by atoms with Gasteiger partial charge in [-0.3, -0.25) is 4.79 Å². The van der Waals surface area contributed by atoms with E-state index in [1.807, 2.05) is 20.8 Å². The third-order valence-corrected chi connectivity index (χ3v) is 3.50. The Hall–Kier alpha value is -1.46. The standard InChI is InChI=1S/C16H23FN2O2/c1-16(2,3)18-9-13(20)10-19-14-6-5-12(17)8-11(14)4-7-15(19)21/h5-6,8,13,18,20H,4,7,9-10H2,1-3H3. The zero-order valence-corrected chi connectivity index (χ0v) is 12.8. The minimum absolute atomic E-state index is 0.0242. The van der Waals surface area contributed by atoms with E-state index in [1.165, 1.54) is 12.1 Å². The van der Waals surface area contributed by atoms with E-state index in [0.29, 0.717) is 25.1 Å². The molecule has 5 heteroatoms. The van der Waals surface area contributed by atoms with Gasteiger partial charge in [0.15, 0.2) is 0 Å². The second-order valence-corrected chi connectivity index (χ2v) is 6.56. The minimum Gasteiger partial charge on any atom is -0.390 e. The van der Waals surface area contributed by atoms with Gasteiger partial charge in [0.25, 0.3) is 0 Å². The molecule has 0 saturated carbocycles. The van der Waals surface area contributed by atoms with E-state index in [0.717, 1.165) is 5.56 Å². The second-order valence-electron chi connectivity index (χ2n) is 6.56. The van der Waals surface area contributed by atoms with E-state index < -0.39 is 6.10 Å². The second kappa shape index (κ2) is 6.12. The molecule has 0 aromatic heterocycles. The Kier molecular flexibility index (Phi) is 4.64. The van der Waals surface area contributed by atoms with E-state index in [1.54, 1.807) is 11.0 Å². The molecule has 1 amide bonds. The van der Waals surface area contributed by atoms with Crippen LogP contribution in [0.15, 0.2) is 18.2 Å². The molecule has 0 radical (unpaired) electrons. The number of aliphatic hydroxyl groups excluding tert-OH is 1. The molecule has 0 bridgehead atoms. The number of carbonyl (C=O) groups excluding carboxylic acids is 1. The molecule has 21 heavy (non-hydrogen) atoms. The molecule has 1 aliphatic heterocycles. The first-order chi connectivity index (χ1) is 9.76. The Morgan fingerprint density at radius 1 is 1.38 bits per heavy atom. The van der Waals surface area contributed by atoms with E-state index in [9.17, 15) is 14.3 Å². The van der Waals surface area contributed by atoms with Crippen LogP contribution in [-0.2, 0) is 11.2 Å². The lowest BCUT2D eigenvalue weighted by atomic mass is 10.0. The highest BCUT2D eigenvalue weighted by molar-refractivity contribution is 5.96. The number of fused-ring (bicyclic) bond motifs is 1. The number of anilines is 1. The maximum atomic E-state index is 13.3. The van der Waals surface area contributed by atoms with Crippen molar-refractivity contribution < 1.29 is 14.3 Å². The van der Waals surface area contributed by atoms with Crippen molar-refractivity contribution in [1.29, 1.82) is 0 Å². The quantitative estimate of drug-likeness (QED) is 0.891. The molecule has 1 heterocycles. The lowest BCUT2D eigenvalue weighted by Crippen LogP contribution is -2.47. The average Bonchev–Trinajstić information content (AvgIpc) is 2.39. The summed E-state index contributed by atoms with van der Waals surface area (Å²) in [6.07, 6.45) is 0.249. The van der Waals surface area contributed by atoms with Gasteiger partial charge in [-0.2, -0.15) is 0 Å². The van der Waals surface area contributed by atoms with Crippen molar-refractivity contribution in [3.8, 4) is 0 Å². The lowest BCUT2D eigenvalue weighted by Gasteiger charge is -2.32. The molecule has 2 rings (SSSR count). The van der Waals surface area contributed by atoms with Crippen LogP contribution in [0, 0.1) is 5.82 Å². The van der Waals surface area contributed by atoms with Crippen LogP contribution in [0.25, 0.3) is 0 Å². The number of carbonyl (C=O) groups is 1. The molecule has 0 spiro atoms. The smallest absolute Gasteiger partial charge is 0.227 e. The van der Waals surface area contributed by atoms with Gasteiger partial charge in [0.05, 0.1) is 12.6 Å². The van der Waals surface area contributed by atoms with Gasteiger partial charge in [-0.05, 0) is 51.0 Å². The third kappa shape index (κ3) is 4.25. The maximum absolute atomic E-state index is 13.3. The van der Waals surface area contributed by atoms with E-state index in [-0.39, 0.29) is 23.8 Å². The van der Waals surface area contributed by atoms with Gasteiger partial charge in [0.2, 0.25) is 5.91 Å². The monoisotopic (exact) mass is 294 g/mol. The van der Waals surface area contributed by atoms with Crippen LogP contribution in [0.2, 0.25) is 0 Å². The number of amides is 1. The number of benzene rings is 1. The number of β-amino-alcohol motifs (C(OH)–C–C–N with tert-alkyl or cyclic N) is 1. The van der Waals surface area contributed by atoms with Crippen LogP contribution in [0.5, 0.6) is 0 Å². The molecule has 2 N–H and O–H groups in total. The fraction of sp³-hybridized carbons (Fsp3) is 0.562. The summed E-state index contributed by atoms with van der Waals surface area (Å²) < 4.78 is 13.3. The maximum Gasteiger partial charge on any atom is 0.227 e. The normalized spacial score (nSPS) is 16.8. The SMILES string of the molecule is CC(C)(C)NCC(O)CN1C(=O)CCc2cc(F)ccc21. The highest BCUT2D eigenvalue weighted by Gasteiger charge is 2.26. The molecule has 1 aromatic carbocycles. The summed E-state index contributed by atoms with van der Waals surface area (Å²) >= 11 is 0.